The Hall–Kier alpha value is -3.33. The Kier molecular flexibility index (Phi) is 5.69. The summed E-state index contributed by atoms with van der Waals surface area (Å²) in [6, 6.07) is 7.66. The summed E-state index contributed by atoms with van der Waals surface area (Å²) in [5, 5.41) is 21.5. The first kappa shape index (κ1) is 20.9. The van der Waals surface area contributed by atoms with E-state index in [9.17, 15) is 5.11 Å². The minimum absolute atomic E-state index is 0.347. The molecule has 0 saturated heterocycles. The Labute approximate surface area is 180 Å². The lowest BCUT2D eigenvalue weighted by atomic mass is 9.85. The number of aliphatic hydroxyl groups is 1. The largest absolute Gasteiger partial charge is 0.479 e. The van der Waals surface area contributed by atoms with Gasteiger partial charge < -0.3 is 15.2 Å². The smallest absolute Gasteiger partial charge is 0.270 e. The van der Waals surface area contributed by atoms with Crippen molar-refractivity contribution in [2.24, 2.45) is 10.1 Å². The van der Waals surface area contributed by atoms with Crippen LogP contribution in [0, 0.1) is 5.53 Å². The monoisotopic (exact) mass is 421 g/mol. The molecule has 0 atom stereocenters. The third-order valence-corrected chi connectivity index (χ3v) is 5.62. The zero-order chi connectivity index (χ0) is 22.0. The number of methoxy groups -OCH3 is 1. The van der Waals surface area contributed by atoms with Gasteiger partial charge in [0.2, 0.25) is 5.88 Å². The van der Waals surface area contributed by atoms with Crippen LogP contribution in [0.5, 0.6) is 5.88 Å². The summed E-state index contributed by atoms with van der Waals surface area (Å²) in [7, 11) is 1.58. The standard InChI is InChI=1S/C22H27N7O2/c1-4-24-18-13-14(5-6-17(18)27-23)16-9-12-29-19(16)20(31-3)26-21(28-29)25-15-7-10-22(2,30)11-8-15/h5-6,9,12-13,23-24,30H,4,7-8,10-11H2,1-3H3. The molecular formula is C22H27N7O2. The molecular weight excluding hydrogens is 394 g/mol. The molecule has 0 radical (unpaired) electrons. The fourth-order valence-corrected chi connectivity index (χ4v) is 3.87. The molecule has 4 rings (SSSR count). The first-order valence-corrected chi connectivity index (χ1v) is 10.4. The summed E-state index contributed by atoms with van der Waals surface area (Å²) in [6.45, 7) is 4.60. The van der Waals surface area contributed by atoms with Crippen molar-refractivity contribution in [3.8, 4) is 17.0 Å². The summed E-state index contributed by atoms with van der Waals surface area (Å²) < 4.78 is 7.32. The predicted molar refractivity (Wildman–Crippen MR) is 120 cm³/mol. The molecule has 31 heavy (non-hydrogen) atoms. The number of fused-ring (bicyclic) bond motifs is 1. The molecule has 9 heteroatoms. The highest BCUT2D eigenvalue weighted by molar-refractivity contribution is 5.89. The minimum Gasteiger partial charge on any atom is -0.479 e. The Bertz CT molecular complexity index is 1140. The lowest BCUT2D eigenvalue weighted by molar-refractivity contribution is 0.0399. The molecule has 0 spiro atoms. The number of benzene rings is 1. The fourth-order valence-electron chi connectivity index (χ4n) is 3.87. The van der Waals surface area contributed by atoms with Gasteiger partial charge in [0.1, 0.15) is 11.2 Å². The Morgan fingerprint density at radius 3 is 2.74 bits per heavy atom. The number of ether oxygens (including phenoxy) is 1. The molecule has 0 bridgehead atoms. The SMILES string of the molecule is CCNc1cc(-c2ccn3nc(N=C4CCC(C)(O)CC4)nc(OC)c23)ccc1N=N. The van der Waals surface area contributed by atoms with Crippen molar-refractivity contribution in [1.82, 2.24) is 14.6 Å². The Morgan fingerprint density at radius 2 is 2.06 bits per heavy atom. The number of anilines is 1. The van der Waals surface area contributed by atoms with E-state index in [1.54, 1.807) is 11.6 Å². The lowest BCUT2D eigenvalue weighted by Crippen LogP contribution is -2.30. The lowest BCUT2D eigenvalue weighted by Gasteiger charge is -2.28. The van der Waals surface area contributed by atoms with Gasteiger partial charge in [-0.2, -0.15) is 10.1 Å². The van der Waals surface area contributed by atoms with Gasteiger partial charge in [-0.25, -0.2) is 15.0 Å². The van der Waals surface area contributed by atoms with Gasteiger partial charge in [-0.15, -0.1) is 5.10 Å². The maximum Gasteiger partial charge on any atom is 0.270 e. The molecule has 0 amide bonds. The quantitative estimate of drug-likeness (QED) is 0.489. The van der Waals surface area contributed by atoms with Crippen molar-refractivity contribution >= 4 is 28.6 Å². The van der Waals surface area contributed by atoms with Crippen LogP contribution >= 0.6 is 0 Å². The number of nitrogens with zero attached hydrogens (tertiary/aromatic N) is 5. The molecule has 3 N–H and O–H groups in total. The van der Waals surface area contributed by atoms with Gasteiger partial charge in [0.15, 0.2) is 0 Å². The third kappa shape index (κ3) is 4.27. The van der Waals surface area contributed by atoms with Crippen LogP contribution in [-0.4, -0.2) is 44.7 Å². The van der Waals surface area contributed by atoms with Crippen LogP contribution in [0.3, 0.4) is 0 Å². The summed E-state index contributed by atoms with van der Waals surface area (Å²) in [6.07, 6.45) is 4.70. The van der Waals surface area contributed by atoms with Crippen molar-refractivity contribution < 1.29 is 9.84 Å². The Balaban J connectivity index is 1.74. The van der Waals surface area contributed by atoms with Crippen LogP contribution in [0.4, 0.5) is 17.3 Å². The summed E-state index contributed by atoms with van der Waals surface area (Å²) in [4.78, 5) is 9.16. The van der Waals surface area contributed by atoms with Gasteiger partial charge in [0, 0.05) is 24.0 Å². The van der Waals surface area contributed by atoms with Crippen molar-refractivity contribution in [2.75, 3.05) is 19.0 Å². The first-order chi connectivity index (χ1) is 14.9. The molecule has 3 aromatic rings. The van der Waals surface area contributed by atoms with Crippen molar-refractivity contribution in [3.63, 3.8) is 0 Å². The van der Waals surface area contributed by atoms with Crippen molar-refractivity contribution in [2.45, 2.75) is 45.1 Å². The van der Waals surface area contributed by atoms with Crippen molar-refractivity contribution in [3.05, 3.63) is 30.5 Å². The fraction of sp³-hybridized carbons (Fsp3) is 0.409. The van der Waals surface area contributed by atoms with Crippen LogP contribution in [0.15, 0.2) is 40.6 Å². The first-order valence-electron chi connectivity index (χ1n) is 10.4. The minimum atomic E-state index is -0.620. The number of aliphatic imine (C=N–C) groups is 1. The van der Waals surface area contributed by atoms with E-state index in [2.05, 4.69) is 25.5 Å². The molecule has 9 nitrogen and oxygen atoms in total. The van der Waals surface area contributed by atoms with Crippen LogP contribution in [0.2, 0.25) is 0 Å². The highest BCUT2D eigenvalue weighted by Crippen LogP contribution is 2.36. The molecule has 2 aromatic heterocycles. The van der Waals surface area contributed by atoms with E-state index in [1.807, 2.05) is 44.3 Å². The normalized spacial score (nSPS) is 18.8. The maximum atomic E-state index is 10.1. The van der Waals surface area contributed by atoms with Gasteiger partial charge in [-0.3, -0.25) is 0 Å². The second-order valence-corrected chi connectivity index (χ2v) is 7.99. The maximum absolute atomic E-state index is 10.1. The molecule has 1 aliphatic rings. The highest BCUT2D eigenvalue weighted by Gasteiger charge is 2.26. The van der Waals surface area contributed by atoms with Gasteiger partial charge >= 0.3 is 0 Å². The van der Waals surface area contributed by atoms with E-state index in [0.29, 0.717) is 30.4 Å². The highest BCUT2D eigenvalue weighted by atomic mass is 16.5. The van der Waals surface area contributed by atoms with Gasteiger partial charge in [-0.1, -0.05) is 6.07 Å². The molecule has 2 heterocycles. The molecule has 1 aliphatic carbocycles. The van der Waals surface area contributed by atoms with Crippen LogP contribution in [0.25, 0.3) is 16.6 Å². The number of nitrogens with one attached hydrogen (secondary N) is 2. The Morgan fingerprint density at radius 1 is 1.29 bits per heavy atom. The second kappa shape index (κ2) is 8.43. The van der Waals surface area contributed by atoms with Gasteiger partial charge in [-0.05, 0) is 63.3 Å². The number of hydrogen-bond donors (Lipinski definition) is 3. The van der Waals surface area contributed by atoms with E-state index in [0.717, 1.165) is 47.4 Å². The summed E-state index contributed by atoms with van der Waals surface area (Å²) >= 11 is 0. The molecule has 1 fully saturated rings. The topological polar surface area (TPSA) is 120 Å². The molecule has 0 unspecified atom stereocenters. The molecule has 1 aromatic carbocycles. The van der Waals surface area contributed by atoms with Crippen LogP contribution in [-0.2, 0) is 0 Å². The van der Waals surface area contributed by atoms with Gasteiger partial charge in [0.05, 0.1) is 18.4 Å². The summed E-state index contributed by atoms with van der Waals surface area (Å²) in [5.41, 5.74) is 11.7. The van der Waals surface area contributed by atoms with Gasteiger partial charge in [0.25, 0.3) is 5.95 Å². The van der Waals surface area contributed by atoms with E-state index in [1.165, 1.54) is 0 Å². The summed E-state index contributed by atoms with van der Waals surface area (Å²) in [5.74, 6) is 0.788. The number of rotatable bonds is 6. The predicted octanol–water partition coefficient (Wildman–Crippen LogP) is 4.90. The van der Waals surface area contributed by atoms with E-state index >= 15 is 0 Å². The molecule has 162 valence electrons. The zero-order valence-electron chi connectivity index (χ0n) is 18.0. The average molecular weight is 422 g/mol. The van der Waals surface area contributed by atoms with Crippen LogP contribution in [0.1, 0.15) is 39.5 Å². The van der Waals surface area contributed by atoms with E-state index < -0.39 is 5.60 Å². The van der Waals surface area contributed by atoms with Crippen molar-refractivity contribution in [1.29, 1.82) is 5.53 Å². The average Bonchev–Trinajstić information content (AvgIpc) is 3.19. The van der Waals surface area contributed by atoms with E-state index in [4.69, 9.17) is 10.3 Å². The number of hydrogen-bond acceptors (Lipinski definition) is 8. The van der Waals surface area contributed by atoms with E-state index in [-0.39, 0.29) is 0 Å². The van der Waals surface area contributed by atoms with Crippen LogP contribution < -0.4 is 10.1 Å². The molecule has 0 aliphatic heterocycles. The number of aromatic nitrogens is 3. The molecule has 1 saturated carbocycles. The third-order valence-electron chi connectivity index (χ3n) is 5.62. The second-order valence-electron chi connectivity index (χ2n) is 7.99. The zero-order valence-corrected chi connectivity index (χ0v) is 18.0.